The summed E-state index contributed by atoms with van der Waals surface area (Å²) in [5, 5.41) is 2.56. The number of rotatable bonds is 5. The second kappa shape index (κ2) is 9.18. The fourth-order valence-corrected chi connectivity index (χ4v) is 2.29. The summed E-state index contributed by atoms with van der Waals surface area (Å²) >= 11 is 3.99. The highest BCUT2D eigenvalue weighted by Crippen LogP contribution is 2.19. The molecule has 0 aromatic heterocycles. The number of anilines is 1. The Labute approximate surface area is 171 Å². The molecule has 156 valence electrons. The van der Waals surface area contributed by atoms with E-state index in [0.29, 0.717) is 5.69 Å². The molecule has 0 aliphatic carbocycles. The first kappa shape index (κ1) is 23.6. The molecule has 1 atom stereocenters. The molecular formula is C19H29N3O5S. The lowest BCUT2D eigenvalue weighted by Gasteiger charge is -2.26. The van der Waals surface area contributed by atoms with E-state index < -0.39 is 35.3 Å². The maximum Gasteiger partial charge on any atom is 0.408 e. The third-order valence-corrected chi connectivity index (χ3v) is 3.64. The van der Waals surface area contributed by atoms with E-state index in [9.17, 15) is 14.4 Å². The van der Waals surface area contributed by atoms with Crippen LogP contribution in [0.15, 0.2) is 24.3 Å². The van der Waals surface area contributed by atoms with Crippen molar-refractivity contribution in [3.05, 3.63) is 29.8 Å². The highest BCUT2D eigenvalue weighted by molar-refractivity contribution is 7.82. The van der Waals surface area contributed by atoms with Gasteiger partial charge in [0, 0.05) is 6.42 Å². The van der Waals surface area contributed by atoms with Gasteiger partial charge in [-0.2, -0.15) is 0 Å². The molecule has 0 bridgehead atoms. The van der Waals surface area contributed by atoms with Crippen LogP contribution in [0.3, 0.4) is 0 Å². The zero-order valence-electron chi connectivity index (χ0n) is 17.1. The van der Waals surface area contributed by atoms with Crippen LogP contribution in [0.2, 0.25) is 0 Å². The molecular weight excluding hydrogens is 382 g/mol. The van der Waals surface area contributed by atoms with Crippen LogP contribution in [0.4, 0.5) is 15.3 Å². The van der Waals surface area contributed by atoms with E-state index in [0.717, 1.165) is 9.87 Å². The van der Waals surface area contributed by atoms with Gasteiger partial charge in [0.1, 0.15) is 17.2 Å². The van der Waals surface area contributed by atoms with E-state index in [1.165, 1.54) is 0 Å². The number of urea groups is 1. The van der Waals surface area contributed by atoms with Crippen molar-refractivity contribution < 1.29 is 23.9 Å². The van der Waals surface area contributed by atoms with Gasteiger partial charge in [0.05, 0.1) is 5.69 Å². The fraction of sp³-hybridized carbons (Fsp3) is 0.526. The average Bonchev–Trinajstić information content (AvgIpc) is 2.50. The minimum absolute atomic E-state index is 0.178. The molecule has 3 N–H and O–H groups in total. The third kappa shape index (κ3) is 8.51. The Morgan fingerprint density at radius 1 is 1.04 bits per heavy atom. The van der Waals surface area contributed by atoms with E-state index in [4.69, 9.17) is 15.2 Å². The number of nitrogens with zero attached hydrogens (tertiary/aromatic N) is 1. The molecule has 1 rings (SSSR count). The molecule has 28 heavy (non-hydrogen) atoms. The monoisotopic (exact) mass is 411 g/mol. The quantitative estimate of drug-likeness (QED) is 0.509. The number of esters is 1. The topological polar surface area (TPSA) is 111 Å². The van der Waals surface area contributed by atoms with Crippen molar-refractivity contribution in [2.45, 2.75) is 65.2 Å². The van der Waals surface area contributed by atoms with Gasteiger partial charge in [0.2, 0.25) is 0 Å². The van der Waals surface area contributed by atoms with Gasteiger partial charge in [0.15, 0.2) is 0 Å². The summed E-state index contributed by atoms with van der Waals surface area (Å²) < 4.78 is 11.6. The van der Waals surface area contributed by atoms with Gasteiger partial charge in [-0.15, -0.1) is 0 Å². The number of carbonyl (C=O) groups excluding carboxylic acids is 3. The van der Waals surface area contributed by atoms with E-state index in [1.807, 2.05) is 0 Å². The van der Waals surface area contributed by atoms with Crippen molar-refractivity contribution in [2.75, 3.05) is 4.31 Å². The average molecular weight is 412 g/mol. The molecule has 1 unspecified atom stereocenters. The number of alkyl carbamates (subject to hydrolysis) is 1. The van der Waals surface area contributed by atoms with E-state index >= 15 is 0 Å². The van der Waals surface area contributed by atoms with E-state index in [2.05, 4.69) is 18.1 Å². The van der Waals surface area contributed by atoms with Crippen LogP contribution in [-0.4, -0.2) is 35.3 Å². The Balaban J connectivity index is 2.96. The first-order chi connectivity index (χ1) is 12.7. The number of carbonyl (C=O) groups is 3. The van der Waals surface area contributed by atoms with Gasteiger partial charge in [-0.3, -0.25) is 0 Å². The Kier molecular flexibility index (Phi) is 7.75. The predicted octanol–water partition coefficient (Wildman–Crippen LogP) is 3.19. The molecule has 0 radical (unpaired) electrons. The zero-order chi connectivity index (χ0) is 21.7. The molecule has 9 heteroatoms. The molecule has 1 aromatic rings. The molecule has 3 amide bonds. The van der Waals surface area contributed by atoms with Crippen molar-refractivity contribution in [1.29, 1.82) is 0 Å². The Morgan fingerprint density at radius 2 is 1.54 bits per heavy atom. The van der Waals surface area contributed by atoms with Gasteiger partial charge in [-0.05, 0) is 59.2 Å². The molecule has 0 spiro atoms. The molecule has 0 aliphatic rings. The van der Waals surface area contributed by atoms with Crippen LogP contribution in [0.5, 0.6) is 0 Å². The lowest BCUT2D eigenvalue weighted by Crippen LogP contribution is -2.47. The number of hydrogen-bond donors (Lipinski definition) is 3. The predicted molar refractivity (Wildman–Crippen MR) is 110 cm³/mol. The SMILES string of the molecule is CC(C)(C)OC(=O)NC(Cc1ccc(N(S)C(N)=O)cc1)C(=O)OC(C)(C)C. The minimum atomic E-state index is -0.942. The Morgan fingerprint density at radius 3 is 1.96 bits per heavy atom. The van der Waals surface area contributed by atoms with Crippen LogP contribution in [-0.2, 0) is 20.7 Å². The minimum Gasteiger partial charge on any atom is -0.458 e. The maximum atomic E-state index is 12.6. The lowest BCUT2D eigenvalue weighted by molar-refractivity contribution is -0.157. The van der Waals surface area contributed by atoms with Crippen molar-refractivity contribution >= 4 is 36.6 Å². The third-order valence-electron chi connectivity index (χ3n) is 3.21. The fourth-order valence-electron chi connectivity index (χ4n) is 2.15. The number of ether oxygens (including phenoxy) is 2. The summed E-state index contributed by atoms with van der Waals surface area (Å²) in [6.45, 7) is 10.4. The summed E-state index contributed by atoms with van der Waals surface area (Å²) in [6.07, 6.45) is -0.535. The van der Waals surface area contributed by atoms with Gasteiger partial charge in [-0.25, -0.2) is 18.7 Å². The highest BCUT2D eigenvalue weighted by atomic mass is 32.1. The molecule has 0 fully saturated rings. The first-order valence-electron chi connectivity index (χ1n) is 8.78. The first-order valence-corrected chi connectivity index (χ1v) is 9.18. The molecule has 8 nitrogen and oxygen atoms in total. The van der Waals surface area contributed by atoms with E-state index in [-0.39, 0.29) is 6.42 Å². The zero-order valence-corrected chi connectivity index (χ0v) is 18.0. The normalized spacial score (nSPS) is 12.7. The van der Waals surface area contributed by atoms with Gasteiger partial charge >= 0.3 is 18.1 Å². The second-order valence-electron chi connectivity index (χ2n) is 8.25. The standard InChI is InChI=1S/C19H29N3O5S/c1-18(2,3)26-15(23)14(21-17(25)27-19(4,5)6)11-12-7-9-13(10-8-12)22(28)16(20)24/h7-10,14,28H,11H2,1-6H3,(H2,20,24)(H,21,25). The van der Waals surface area contributed by atoms with Crippen molar-refractivity contribution in [3.8, 4) is 0 Å². The van der Waals surface area contributed by atoms with Gasteiger partial charge in [-0.1, -0.05) is 24.9 Å². The smallest absolute Gasteiger partial charge is 0.408 e. The van der Waals surface area contributed by atoms with Gasteiger partial charge in [0.25, 0.3) is 0 Å². The molecule has 0 saturated carbocycles. The number of thiol groups is 1. The summed E-state index contributed by atoms with van der Waals surface area (Å²) in [7, 11) is 0. The molecule has 0 heterocycles. The van der Waals surface area contributed by atoms with Gasteiger partial charge < -0.3 is 20.5 Å². The van der Waals surface area contributed by atoms with Crippen molar-refractivity contribution in [2.24, 2.45) is 5.73 Å². The number of amides is 3. The molecule has 0 aliphatic heterocycles. The van der Waals surface area contributed by atoms with Crippen LogP contribution >= 0.6 is 12.8 Å². The van der Waals surface area contributed by atoms with Crippen molar-refractivity contribution in [3.63, 3.8) is 0 Å². The second-order valence-corrected chi connectivity index (χ2v) is 8.65. The number of primary amides is 1. The summed E-state index contributed by atoms with van der Waals surface area (Å²) in [5.41, 5.74) is 4.99. The van der Waals surface area contributed by atoms with Crippen LogP contribution in [0, 0.1) is 0 Å². The summed E-state index contributed by atoms with van der Waals surface area (Å²) in [6, 6.07) is 5.02. The van der Waals surface area contributed by atoms with Crippen LogP contribution in [0.25, 0.3) is 0 Å². The maximum absolute atomic E-state index is 12.6. The van der Waals surface area contributed by atoms with E-state index in [1.54, 1.807) is 65.8 Å². The lowest BCUT2D eigenvalue weighted by atomic mass is 10.1. The molecule has 1 aromatic carbocycles. The number of hydrogen-bond acceptors (Lipinski definition) is 6. The Bertz CT molecular complexity index is 708. The number of benzene rings is 1. The van der Waals surface area contributed by atoms with Crippen molar-refractivity contribution in [1.82, 2.24) is 5.32 Å². The van der Waals surface area contributed by atoms with Crippen LogP contribution in [0.1, 0.15) is 47.1 Å². The number of nitrogens with two attached hydrogens (primary N) is 1. The Hall–Kier alpha value is -2.42. The van der Waals surface area contributed by atoms with Crippen LogP contribution < -0.4 is 15.4 Å². The highest BCUT2D eigenvalue weighted by Gasteiger charge is 2.29. The summed E-state index contributed by atoms with van der Waals surface area (Å²) in [5.74, 6) is -0.574. The molecule has 0 saturated heterocycles. The largest absolute Gasteiger partial charge is 0.458 e. The number of nitrogens with one attached hydrogen (secondary N) is 1. The summed E-state index contributed by atoms with van der Waals surface area (Å²) in [4.78, 5) is 35.9.